The van der Waals surface area contributed by atoms with E-state index in [1.54, 1.807) is 0 Å². The number of fused-ring (bicyclic) bond motifs is 5. The van der Waals surface area contributed by atoms with Gasteiger partial charge in [-0.05, 0) is 90.9 Å². The van der Waals surface area contributed by atoms with Crippen molar-refractivity contribution in [2.45, 2.75) is 64.7 Å². The van der Waals surface area contributed by atoms with Gasteiger partial charge in [-0.2, -0.15) is 0 Å². The van der Waals surface area contributed by atoms with Crippen molar-refractivity contribution in [3.63, 3.8) is 0 Å². The number of aromatic hydroxyl groups is 1. The van der Waals surface area contributed by atoms with Gasteiger partial charge in [0.2, 0.25) is 6.41 Å². The molecule has 3 heteroatoms. The van der Waals surface area contributed by atoms with Gasteiger partial charge in [0, 0.05) is 0 Å². The van der Waals surface area contributed by atoms with Crippen molar-refractivity contribution in [3.8, 4) is 5.75 Å². The van der Waals surface area contributed by atoms with Crippen LogP contribution in [-0.2, 0) is 11.2 Å². The smallest absolute Gasteiger partial charge is 0.211 e. The molecule has 1 aromatic rings. The summed E-state index contributed by atoms with van der Waals surface area (Å²) in [5.41, 5.74) is 3.78. The summed E-state index contributed by atoms with van der Waals surface area (Å²) in [5.74, 6) is 3.34. The minimum atomic E-state index is 0.201. The van der Waals surface area contributed by atoms with Gasteiger partial charge in [0.25, 0.3) is 0 Å². The van der Waals surface area contributed by atoms with Crippen LogP contribution >= 0.6 is 0 Å². The van der Waals surface area contributed by atoms with Gasteiger partial charge >= 0.3 is 0 Å². The number of hydrogen-bond donors (Lipinski definition) is 2. The van der Waals surface area contributed by atoms with Gasteiger partial charge in [-0.25, -0.2) is 0 Å². The molecule has 0 radical (unpaired) electrons. The molecule has 0 aliphatic heterocycles. The second kappa shape index (κ2) is 5.79. The van der Waals surface area contributed by atoms with Crippen molar-refractivity contribution in [3.05, 3.63) is 23.3 Å². The first-order valence-electron chi connectivity index (χ1n) is 9.64. The molecule has 3 aliphatic carbocycles. The molecular formula is C21H29NO2. The third-order valence-corrected chi connectivity index (χ3v) is 7.74. The summed E-state index contributed by atoms with van der Waals surface area (Å²) in [5, 5.41) is 12.8. The second-order valence-electron chi connectivity index (χ2n) is 8.47. The van der Waals surface area contributed by atoms with Gasteiger partial charge in [-0.3, -0.25) is 4.79 Å². The molecule has 3 nitrogen and oxygen atoms in total. The number of benzene rings is 1. The molecule has 3 aliphatic rings. The molecule has 0 unspecified atom stereocenters. The number of phenols is 1. The van der Waals surface area contributed by atoms with Crippen molar-refractivity contribution in [1.82, 2.24) is 0 Å². The molecule has 0 spiro atoms. The molecule has 0 aromatic heterocycles. The average molecular weight is 327 g/mol. The Morgan fingerprint density at radius 2 is 2.12 bits per heavy atom. The van der Waals surface area contributed by atoms with E-state index in [0.717, 1.165) is 24.2 Å². The van der Waals surface area contributed by atoms with Crippen LogP contribution < -0.4 is 5.32 Å². The average Bonchev–Trinajstić information content (AvgIpc) is 2.92. The normalized spacial score (nSPS) is 37.2. The van der Waals surface area contributed by atoms with Crippen LogP contribution in [0.4, 0.5) is 5.69 Å². The van der Waals surface area contributed by atoms with E-state index in [-0.39, 0.29) is 5.75 Å². The van der Waals surface area contributed by atoms with Crippen LogP contribution in [0.25, 0.3) is 0 Å². The Bertz CT molecular complexity index is 655. The topological polar surface area (TPSA) is 49.3 Å². The number of anilines is 1. The first-order chi connectivity index (χ1) is 11.6. The van der Waals surface area contributed by atoms with Gasteiger partial charge in [0.05, 0.1) is 5.69 Å². The van der Waals surface area contributed by atoms with Crippen LogP contribution in [0.2, 0.25) is 0 Å². The summed E-state index contributed by atoms with van der Waals surface area (Å²) in [6.07, 6.45) is 9.68. The Morgan fingerprint density at radius 3 is 2.88 bits per heavy atom. The van der Waals surface area contributed by atoms with E-state index in [2.05, 4.69) is 19.2 Å². The van der Waals surface area contributed by atoms with E-state index in [1.807, 2.05) is 12.1 Å². The van der Waals surface area contributed by atoms with Crippen molar-refractivity contribution < 1.29 is 9.90 Å². The summed E-state index contributed by atoms with van der Waals surface area (Å²) < 4.78 is 0. The van der Waals surface area contributed by atoms with Crippen LogP contribution in [0.3, 0.4) is 0 Å². The number of carbonyl (C=O) groups is 1. The zero-order valence-corrected chi connectivity index (χ0v) is 14.8. The molecule has 2 saturated carbocycles. The zero-order valence-electron chi connectivity index (χ0n) is 14.8. The lowest BCUT2D eigenvalue weighted by atomic mass is 9.54. The molecule has 0 heterocycles. The third-order valence-electron chi connectivity index (χ3n) is 7.74. The first kappa shape index (κ1) is 16.0. The Kier molecular flexibility index (Phi) is 3.85. The second-order valence-corrected chi connectivity index (χ2v) is 8.47. The van der Waals surface area contributed by atoms with E-state index in [1.165, 1.54) is 49.7 Å². The molecule has 0 bridgehead atoms. The first-order valence-corrected chi connectivity index (χ1v) is 9.64. The summed E-state index contributed by atoms with van der Waals surface area (Å²) in [4.78, 5) is 10.8. The fourth-order valence-electron chi connectivity index (χ4n) is 6.57. The Morgan fingerprint density at radius 1 is 1.29 bits per heavy atom. The SMILES string of the molecule is CC[C@H]1CC[C@H]2[C@@H]3CCc4cc(O)c(NC=O)cc4[C@H]3CC[C@]12C. The van der Waals surface area contributed by atoms with E-state index in [0.29, 0.717) is 23.4 Å². The largest absolute Gasteiger partial charge is 0.506 e. The number of hydrogen-bond acceptors (Lipinski definition) is 2. The lowest BCUT2D eigenvalue weighted by Crippen LogP contribution is -2.42. The maximum Gasteiger partial charge on any atom is 0.211 e. The van der Waals surface area contributed by atoms with Crippen LogP contribution in [0.5, 0.6) is 5.75 Å². The highest BCUT2D eigenvalue weighted by Crippen LogP contribution is 2.63. The van der Waals surface area contributed by atoms with Crippen LogP contribution in [0.15, 0.2) is 12.1 Å². The summed E-state index contributed by atoms with van der Waals surface area (Å²) in [6, 6.07) is 3.93. The lowest BCUT2D eigenvalue weighted by Gasteiger charge is -2.51. The maximum absolute atomic E-state index is 10.8. The predicted molar refractivity (Wildman–Crippen MR) is 96.2 cm³/mol. The van der Waals surface area contributed by atoms with E-state index < -0.39 is 0 Å². The number of carbonyl (C=O) groups excluding carboxylic acids is 1. The molecule has 1 amide bonds. The summed E-state index contributed by atoms with van der Waals surface area (Å²) in [7, 11) is 0. The fourth-order valence-corrected chi connectivity index (χ4v) is 6.57. The number of phenolic OH excluding ortho intramolecular Hbond substituents is 1. The molecule has 1 aromatic carbocycles. The van der Waals surface area contributed by atoms with Gasteiger partial charge in [-0.15, -0.1) is 0 Å². The fraction of sp³-hybridized carbons (Fsp3) is 0.667. The quantitative estimate of drug-likeness (QED) is 0.616. The molecule has 24 heavy (non-hydrogen) atoms. The summed E-state index contributed by atoms with van der Waals surface area (Å²) >= 11 is 0. The van der Waals surface area contributed by atoms with Crippen molar-refractivity contribution in [2.24, 2.45) is 23.2 Å². The Balaban J connectivity index is 1.69. The van der Waals surface area contributed by atoms with Crippen LogP contribution in [0.1, 0.15) is 69.4 Å². The molecule has 5 atom stereocenters. The minimum Gasteiger partial charge on any atom is -0.506 e. The van der Waals surface area contributed by atoms with Crippen LogP contribution in [0, 0.1) is 23.2 Å². The zero-order chi connectivity index (χ0) is 16.9. The summed E-state index contributed by atoms with van der Waals surface area (Å²) in [6.45, 7) is 4.92. The third kappa shape index (κ3) is 2.20. The van der Waals surface area contributed by atoms with E-state index in [9.17, 15) is 9.90 Å². The number of rotatable bonds is 3. The lowest BCUT2D eigenvalue weighted by molar-refractivity contribution is -0.105. The molecular weight excluding hydrogens is 298 g/mol. The molecule has 4 rings (SSSR count). The standard InChI is InChI=1S/C21H29NO2/c1-3-14-5-7-18-16-6-4-13-10-20(24)19(22-12-23)11-17(13)15(16)8-9-21(14,18)2/h10-12,14-16,18,24H,3-9H2,1-2H3,(H,22,23)/t14-,15-,16+,18-,21+/m0/s1. The highest BCUT2D eigenvalue weighted by molar-refractivity contribution is 5.76. The monoisotopic (exact) mass is 327 g/mol. The number of amides is 1. The van der Waals surface area contributed by atoms with Crippen molar-refractivity contribution in [1.29, 1.82) is 0 Å². The highest BCUT2D eigenvalue weighted by Gasteiger charge is 2.53. The number of aryl methyl sites for hydroxylation is 1. The van der Waals surface area contributed by atoms with Gasteiger partial charge in [0.15, 0.2) is 0 Å². The number of nitrogens with one attached hydrogen (secondary N) is 1. The molecule has 2 fully saturated rings. The molecule has 0 saturated heterocycles. The van der Waals surface area contributed by atoms with E-state index in [4.69, 9.17) is 0 Å². The van der Waals surface area contributed by atoms with Crippen molar-refractivity contribution in [2.75, 3.05) is 5.32 Å². The molecule has 130 valence electrons. The minimum absolute atomic E-state index is 0.201. The van der Waals surface area contributed by atoms with Crippen molar-refractivity contribution >= 4 is 12.1 Å². The van der Waals surface area contributed by atoms with Gasteiger partial charge in [0.1, 0.15) is 5.75 Å². The van der Waals surface area contributed by atoms with Gasteiger partial charge < -0.3 is 10.4 Å². The maximum atomic E-state index is 10.8. The highest BCUT2D eigenvalue weighted by atomic mass is 16.3. The Hall–Kier alpha value is -1.51. The van der Waals surface area contributed by atoms with Gasteiger partial charge in [-0.1, -0.05) is 20.3 Å². The molecule has 2 N–H and O–H groups in total. The van der Waals surface area contributed by atoms with E-state index >= 15 is 0 Å². The predicted octanol–water partition coefficient (Wildman–Crippen LogP) is 4.84. The van der Waals surface area contributed by atoms with Crippen LogP contribution in [-0.4, -0.2) is 11.5 Å². The Labute approximate surface area is 144 Å².